The number of nitrogens with zero attached hydrogens (tertiary/aromatic N) is 2. The fourth-order valence-corrected chi connectivity index (χ4v) is 4.53. The van der Waals surface area contributed by atoms with Gasteiger partial charge in [-0.1, -0.05) is 30.3 Å². The highest BCUT2D eigenvalue weighted by molar-refractivity contribution is 7.08. The summed E-state index contributed by atoms with van der Waals surface area (Å²) >= 11 is 1.73. The van der Waals surface area contributed by atoms with E-state index in [-0.39, 0.29) is 24.8 Å². The van der Waals surface area contributed by atoms with Crippen LogP contribution in [0.5, 0.6) is 0 Å². The monoisotopic (exact) mass is 450 g/mol. The maximum Gasteiger partial charge on any atom is 0.0395 e. The summed E-state index contributed by atoms with van der Waals surface area (Å²) in [7, 11) is 0. The van der Waals surface area contributed by atoms with E-state index in [1.165, 1.54) is 16.7 Å². The van der Waals surface area contributed by atoms with Crippen LogP contribution >= 0.6 is 36.2 Å². The van der Waals surface area contributed by atoms with E-state index in [9.17, 15) is 0 Å². The predicted molar refractivity (Wildman–Crippen MR) is 130 cm³/mol. The molecule has 0 aliphatic carbocycles. The molecule has 156 valence electrons. The lowest BCUT2D eigenvalue weighted by molar-refractivity contribution is 0.122. The quantitative estimate of drug-likeness (QED) is 0.550. The third-order valence-corrected chi connectivity index (χ3v) is 6.01. The SMILES string of the molecule is Cl.Cl.Nc1ccc(N)c(-c2cscc2CN2CCN(Cc3ccccc3)CC2)c1. The van der Waals surface area contributed by atoms with Gasteiger partial charge in [-0.05, 0) is 45.6 Å². The molecule has 2 heterocycles. The highest BCUT2D eigenvalue weighted by atomic mass is 35.5. The minimum absolute atomic E-state index is 0. The topological polar surface area (TPSA) is 58.5 Å². The Kier molecular flexibility index (Phi) is 8.80. The van der Waals surface area contributed by atoms with Gasteiger partial charge in [-0.25, -0.2) is 0 Å². The minimum atomic E-state index is 0. The Morgan fingerprint density at radius 1 is 0.759 bits per heavy atom. The lowest BCUT2D eigenvalue weighted by Crippen LogP contribution is -2.45. The van der Waals surface area contributed by atoms with Crippen molar-refractivity contribution in [2.24, 2.45) is 0 Å². The molecule has 0 atom stereocenters. The Morgan fingerprint density at radius 2 is 1.41 bits per heavy atom. The summed E-state index contributed by atoms with van der Waals surface area (Å²) in [6.07, 6.45) is 0. The van der Waals surface area contributed by atoms with Crippen molar-refractivity contribution in [2.75, 3.05) is 37.6 Å². The van der Waals surface area contributed by atoms with E-state index in [0.717, 1.165) is 56.2 Å². The first-order valence-electron chi connectivity index (χ1n) is 9.38. The van der Waals surface area contributed by atoms with E-state index in [0.29, 0.717) is 0 Å². The van der Waals surface area contributed by atoms with Gasteiger partial charge in [0.2, 0.25) is 0 Å². The summed E-state index contributed by atoms with van der Waals surface area (Å²) in [6, 6.07) is 16.5. The molecule has 3 aromatic rings. The van der Waals surface area contributed by atoms with Crippen LogP contribution in [0.2, 0.25) is 0 Å². The smallest absolute Gasteiger partial charge is 0.0395 e. The van der Waals surface area contributed by atoms with Crippen LogP contribution in [0.3, 0.4) is 0 Å². The van der Waals surface area contributed by atoms with Crippen LogP contribution in [0.4, 0.5) is 11.4 Å². The summed E-state index contributed by atoms with van der Waals surface area (Å²) < 4.78 is 0. The largest absolute Gasteiger partial charge is 0.399 e. The average Bonchev–Trinajstić information content (AvgIpc) is 3.14. The van der Waals surface area contributed by atoms with Gasteiger partial charge in [0.25, 0.3) is 0 Å². The summed E-state index contributed by atoms with van der Waals surface area (Å²) in [6.45, 7) is 6.40. The maximum atomic E-state index is 6.20. The highest BCUT2D eigenvalue weighted by Crippen LogP contribution is 2.34. The van der Waals surface area contributed by atoms with Crippen LogP contribution in [-0.4, -0.2) is 36.0 Å². The Balaban J connectivity index is 0.00000150. The predicted octanol–water partition coefficient (Wildman–Crippen LogP) is 4.74. The molecule has 1 aliphatic rings. The zero-order valence-corrected chi connectivity index (χ0v) is 18.7. The third-order valence-electron chi connectivity index (χ3n) is 5.22. The van der Waals surface area contributed by atoms with Gasteiger partial charge in [0.1, 0.15) is 0 Å². The van der Waals surface area contributed by atoms with E-state index in [4.69, 9.17) is 11.5 Å². The highest BCUT2D eigenvalue weighted by Gasteiger charge is 2.19. The van der Waals surface area contributed by atoms with Crippen molar-refractivity contribution in [2.45, 2.75) is 13.1 Å². The van der Waals surface area contributed by atoms with Crippen LogP contribution in [0.15, 0.2) is 59.3 Å². The molecule has 4 nitrogen and oxygen atoms in total. The van der Waals surface area contributed by atoms with Gasteiger partial charge in [0.15, 0.2) is 0 Å². The summed E-state index contributed by atoms with van der Waals surface area (Å²) in [5.41, 5.74) is 18.7. The van der Waals surface area contributed by atoms with Gasteiger partial charge < -0.3 is 11.5 Å². The fourth-order valence-electron chi connectivity index (χ4n) is 3.68. The summed E-state index contributed by atoms with van der Waals surface area (Å²) in [5.74, 6) is 0. The molecule has 0 radical (unpaired) electrons. The second kappa shape index (κ2) is 10.9. The van der Waals surface area contributed by atoms with Crippen LogP contribution in [0.1, 0.15) is 11.1 Å². The summed E-state index contributed by atoms with van der Waals surface area (Å²) in [5, 5.41) is 4.43. The minimum Gasteiger partial charge on any atom is -0.399 e. The molecule has 2 aromatic carbocycles. The number of hydrogen-bond acceptors (Lipinski definition) is 5. The number of benzene rings is 2. The van der Waals surface area contributed by atoms with E-state index < -0.39 is 0 Å². The van der Waals surface area contributed by atoms with Gasteiger partial charge in [-0.15, -0.1) is 24.8 Å². The van der Waals surface area contributed by atoms with Gasteiger partial charge >= 0.3 is 0 Å². The third kappa shape index (κ3) is 5.87. The second-order valence-corrected chi connectivity index (χ2v) is 7.94. The normalized spacial score (nSPS) is 14.8. The number of piperazine rings is 1. The number of halogens is 2. The van der Waals surface area contributed by atoms with Crippen LogP contribution in [-0.2, 0) is 13.1 Å². The molecule has 7 heteroatoms. The van der Waals surface area contributed by atoms with Gasteiger partial charge in [0, 0.05) is 56.2 Å². The Morgan fingerprint density at radius 3 is 2.10 bits per heavy atom. The van der Waals surface area contributed by atoms with Crippen molar-refractivity contribution in [1.82, 2.24) is 9.80 Å². The molecule has 1 aromatic heterocycles. The molecular formula is C22H28Cl2N4S. The Labute approximate surface area is 189 Å². The Bertz CT molecular complexity index is 893. The van der Waals surface area contributed by atoms with Crippen molar-refractivity contribution >= 4 is 47.5 Å². The summed E-state index contributed by atoms with van der Waals surface area (Å²) in [4.78, 5) is 5.08. The molecule has 0 unspecified atom stereocenters. The van der Waals surface area contributed by atoms with Crippen molar-refractivity contribution in [3.63, 3.8) is 0 Å². The van der Waals surface area contributed by atoms with Crippen LogP contribution in [0, 0.1) is 0 Å². The zero-order valence-electron chi connectivity index (χ0n) is 16.3. The number of rotatable bonds is 5. The van der Waals surface area contributed by atoms with Crippen LogP contribution in [0.25, 0.3) is 11.1 Å². The number of nitrogens with two attached hydrogens (primary N) is 2. The van der Waals surface area contributed by atoms with Crippen molar-refractivity contribution in [3.8, 4) is 11.1 Å². The number of hydrogen-bond donors (Lipinski definition) is 2. The van der Waals surface area contributed by atoms with Crippen molar-refractivity contribution < 1.29 is 0 Å². The first kappa shape index (κ1) is 23.5. The first-order valence-corrected chi connectivity index (χ1v) is 10.3. The first-order chi connectivity index (χ1) is 13.2. The van der Waals surface area contributed by atoms with Gasteiger partial charge in [-0.3, -0.25) is 9.80 Å². The molecule has 4 rings (SSSR count). The van der Waals surface area contributed by atoms with E-state index in [2.05, 4.69) is 50.9 Å². The number of nitrogen functional groups attached to an aromatic ring is 2. The lowest BCUT2D eigenvalue weighted by atomic mass is 10.0. The van der Waals surface area contributed by atoms with Crippen LogP contribution < -0.4 is 11.5 Å². The molecule has 4 N–H and O–H groups in total. The molecule has 0 saturated carbocycles. The van der Waals surface area contributed by atoms with E-state index in [1.807, 2.05) is 18.2 Å². The molecule has 0 amide bonds. The fraction of sp³-hybridized carbons (Fsp3) is 0.273. The second-order valence-electron chi connectivity index (χ2n) is 7.20. The Hall–Kier alpha value is -1.76. The molecular weight excluding hydrogens is 423 g/mol. The molecule has 1 fully saturated rings. The zero-order chi connectivity index (χ0) is 18.6. The number of anilines is 2. The van der Waals surface area contributed by atoms with E-state index >= 15 is 0 Å². The van der Waals surface area contributed by atoms with E-state index in [1.54, 1.807) is 11.3 Å². The molecule has 1 saturated heterocycles. The molecule has 0 spiro atoms. The van der Waals surface area contributed by atoms with Crippen molar-refractivity contribution in [1.29, 1.82) is 0 Å². The molecule has 0 bridgehead atoms. The molecule has 1 aliphatic heterocycles. The standard InChI is InChI=1S/C22H26N4S.2ClH/c23-19-6-7-22(24)20(12-19)21-16-27-15-18(21)14-26-10-8-25(9-11-26)13-17-4-2-1-3-5-17;;/h1-7,12,15-16H,8-11,13-14,23-24H2;2*1H. The maximum absolute atomic E-state index is 6.20. The van der Waals surface area contributed by atoms with Gasteiger partial charge in [0.05, 0.1) is 0 Å². The van der Waals surface area contributed by atoms with Gasteiger partial charge in [-0.2, -0.15) is 11.3 Å². The molecule has 29 heavy (non-hydrogen) atoms. The number of thiophene rings is 1. The van der Waals surface area contributed by atoms with Crippen molar-refractivity contribution in [3.05, 3.63) is 70.4 Å². The average molecular weight is 451 g/mol. The lowest BCUT2D eigenvalue weighted by Gasteiger charge is -2.34.